The number of aromatic nitrogens is 2. The zero-order valence-corrected chi connectivity index (χ0v) is 7.58. The van der Waals surface area contributed by atoms with Crippen LogP contribution in [-0.2, 0) is 7.05 Å². The van der Waals surface area contributed by atoms with Crippen LogP contribution in [0.1, 0.15) is 5.69 Å². The van der Waals surface area contributed by atoms with Crippen molar-refractivity contribution in [3.8, 4) is 0 Å². The van der Waals surface area contributed by atoms with E-state index in [1.54, 1.807) is 13.1 Å². The number of nitrogens with one attached hydrogen (secondary N) is 1. The number of hydrogen-bond donors (Lipinski definition) is 2. The SMILES string of the molecule is Cn1nc2ccc(F)cc2c1C(=N)N. The van der Waals surface area contributed by atoms with E-state index in [2.05, 4.69) is 5.10 Å². The predicted molar refractivity (Wildman–Crippen MR) is 51.7 cm³/mol. The van der Waals surface area contributed by atoms with Crippen LogP contribution in [0, 0.1) is 11.2 Å². The summed E-state index contributed by atoms with van der Waals surface area (Å²) in [7, 11) is 1.68. The Morgan fingerprint density at radius 3 is 2.93 bits per heavy atom. The Bertz CT molecular complexity index is 515. The molecular formula is C9H9FN4. The molecule has 0 aliphatic rings. The number of halogens is 1. The average Bonchev–Trinajstić information content (AvgIpc) is 2.40. The first kappa shape index (κ1) is 8.68. The summed E-state index contributed by atoms with van der Waals surface area (Å²) >= 11 is 0. The third-order valence-corrected chi connectivity index (χ3v) is 2.05. The zero-order valence-electron chi connectivity index (χ0n) is 7.58. The molecule has 72 valence electrons. The number of amidine groups is 1. The van der Waals surface area contributed by atoms with Gasteiger partial charge >= 0.3 is 0 Å². The maximum absolute atomic E-state index is 12.9. The number of rotatable bonds is 1. The van der Waals surface area contributed by atoms with Crippen LogP contribution in [-0.4, -0.2) is 15.6 Å². The van der Waals surface area contributed by atoms with E-state index in [0.29, 0.717) is 16.6 Å². The first-order valence-electron chi connectivity index (χ1n) is 4.06. The number of hydrogen-bond acceptors (Lipinski definition) is 2. The van der Waals surface area contributed by atoms with Gasteiger partial charge in [0.05, 0.1) is 5.52 Å². The standard InChI is InChI=1S/C9H9FN4/c1-14-8(9(11)12)6-4-5(10)2-3-7(6)13-14/h2-4H,1H3,(H3,11,12). The first-order valence-corrected chi connectivity index (χ1v) is 4.06. The molecule has 0 aliphatic carbocycles. The molecule has 0 saturated heterocycles. The molecule has 4 nitrogen and oxygen atoms in total. The highest BCUT2D eigenvalue weighted by Gasteiger charge is 2.11. The molecule has 0 spiro atoms. The lowest BCUT2D eigenvalue weighted by Crippen LogP contribution is -2.16. The van der Waals surface area contributed by atoms with Crippen molar-refractivity contribution in [1.29, 1.82) is 5.41 Å². The minimum atomic E-state index is -0.354. The van der Waals surface area contributed by atoms with Gasteiger partial charge in [-0.1, -0.05) is 0 Å². The minimum Gasteiger partial charge on any atom is -0.382 e. The number of nitrogens with two attached hydrogens (primary N) is 1. The Morgan fingerprint density at radius 1 is 1.57 bits per heavy atom. The fraction of sp³-hybridized carbons (Fsp3) is 0.111. The molecule has 0 amide bonds. The smallest absolute Gasteiger partial charge is 0.142 e. The van der Waals surface area contributed by atoms with Crippen molar-refractivity contribution < 1.29 is 4.39 Å². The highest BCUT2D eigenvalue weighted by atomic mass is 19.1. The largest absolute Gasteiger partial charge is 0.382 e. The summed E-state index contributed by atoms with van der Waals surface area (Å²) in [6.45, 7) is 0. The highest BCUT2D eigenvalue weighted by Crippen LogP contribution is 2.18. The van der Waals surface area contributed by atoms with Gasteiger partial charge in [-0.25, -0.2) is 4.39 Å². The third kappa shape index (κ3) is 1.14. The molecule has 0 saturated carbocycles. The van der Waals surface area contributed by atoms with Gasteiger partial charge in [0, 0.05) is 12.4 Å². The van der Waals surface area contributed by atoms with Crippen LogP contribution in [0.2, 0.25) is 0 Å². The molecule has 0 aliphatic heterocycles. The number of fused-ring (bicyclic) bond motifs is 1. The van der Waals surface area contributed by atoms with Gasteiger partial charge < -0.3 is 5.73 Å². The van der Waals surface area contributed by atoms with Gasteiger partial charge in [-0.05, 0) is 18.2 Å². The minimum absolute atomic E-state index is 0.111. The summed E-state index contributed by atoms with van der Waals surface area (Å²) in [6, 6.07) is 4.23. The van der Waals surface area contributed by atoms with Crippen molar-refractivity contribution in [3.05, 3.63) is 29.7 Å². The molecule has 5 heteroatoms. The lowest BCUT2D eigenvalue weighted by Gasteiger charge is -1.98. The topological polar surface area (TPSA) is 67.7 Å². The van der Waals surface area contributed by atoms with Crippen molar-refractivity contribution in [3.63, 3.8) is 0 Å². The first-order chi connectivity index (χ1) is 6.59. The summed E-state index contributed by atoms with van der Waals surface area (Å²) in [5.41, 5.74) is 6.46. The zero-order chi connectivity index (χ0) is 10.3. The van der Waals surface area contributed by atoms with Crippen LogP contribution >= 0.6 is 0 Å². The molecule has 0 radical (unpaired) electrons. The molecule has 1 aromatic carbocycles. The second-order valence-corrected chi connectivity index (χ2v) is 3.05. The molecule has 0 unspecified atom stereocenters. The van der Waals surface area contributed by atoms with Gasteiger partial charge in [-0.2, -0.15) is 5.10 Å². The van der Waals surface area contributed by atoms with E-state index < -0.39 is 0 Å². The summed E-state index contributed by atoms with van der Waals surface area (Å²) in [4.78, 5) is 0. The molecule has 3 N–H and O–H groups in total. The van der Waals surface area contributed by atoms with Crippen LogP contribution in [0.15, 0.2) is 18.2 Å². The van der Waals surface area contributed by atoms with Crippen LogP contribution < -0.4 is 5.73 Å². The van der Waals surface area contributed by atoms with Gasteiger partial charge in [0.2, 0.25) is 0 Å². The van der Waals surface area contributed by atoms with E-state index >= 15 is 0 Å². The molecule has 1 aromatic heterocycles. The van der Waals surface area contributed by atoms with E-state index in [9.17, 15) is 4.39 Å². The van der Waals surface area contributed by atoms with Crippen LogP contribution in [0.5, 0.6) is 0 Å². The Kier molecular flexibility index (Phi) is 1.73. The van der Waals surface area contributed by atoms with Crippen molar-refractivity contribution in [2.45, 2.75) is 0 Å². The number of nitrogens with zero attached hydrogens (tertiary/aromatic N) is 2. The maximum Gasteiger partial charge on any atom is 0.142 e. The second kappa shape index (κ2) is 2.80. The number of nitrogen functional groups attached to an aromatic ring is 1. The van der Waals surface area contributed by atoms with E-state index in [1.165, 1.54) is 16.8 Å². The van der Waals surface area contributed by atoms with Crippen molar-refractivity contribution >= 4 is 16.7 Å². The van der Waals surface area contributed by atoms with Gasteiger partial charge in [0.15, 0.2) is 0 Å². The summed E-state index contributed by atoms with van der Waals surface area (Å²) in [5, 5.41) is 12.0. The van der Waals surface area contributed by atoms with Crippen molar-refractivity contribution in [1.82, 2.24) is 9.78 Å². The molecule has 0 fully saturated rings. The monoisotopic (exact) mass is 192 g/mol. The number of aryl methyl sites for hydroxylation is 1. The molecule has 14 heavy (non-hydrogen) atoms. The maximum atomic E-state index is 12.9. The summed E-state index contributed by atoms with van der Waals surface area (Å²) in [6.07, 6.45) is 0. The molecule has 2 aromatic rings. The molecule has 1 heterocycles. The fourth-order valence-corrected chi connectivity index (χ4v) is 1.49. The molecule has 2 rings (SSSR count). The summed E-state index contributed by atoms with van der Waals surface area (Å²) in [5.74, 6) is -0.464. The van der Waals surface area contributed by atoms with E-state index in [0.717, 1.165) is 0 Å². The predicted octanol–water partition coefficient (Wildman–Crippen LogP) is 0.996. The van der Waals surface area contributed by atoms with E-state index in [4.69, 9.17) is 11.1 Å². The highest BCUT2D eigenvalue weighted by molar-refractivity contribution is 6.05. The van der Waals surface area contributed by atoms with Crippen molar-refractivity contribution in [2.75, 3.05) is 0 Å². The summed E-state index contributed by atoms with van der Waals surface area (Å²) < 4.78 is 14.4. The Labute approximate surface area is 79.6 Å². The lowest BCUT2D eigenvalue weighted by molar-refractivity contribution is 0.629. The quantitative estimate of drug-likeness (QED) is 0.522. The van der Waals surface area contributed by atoms with Gasteiger partial charge in [-0.15, -0.1) is 0 Å². The average molecular weight is 192 g/mol. The van der Waals surface area contributed by atoms with E-state index in [-0.39, 0.29) is 11.7 Å². The Balaban J connectivity index is 2.86. The second-order valence-electron chi connectivity index (χ2n) is 3.05. The van der Waals surface area contributed by atoms with Crippen LogP contribution in [0.25, 0.3) is 10.9 Å². The van der Waals surface area contributed by atoms with Gasteiger partial charge in [-0.3, -0.25) is 10.1 Å². The normalized spacial score (nSPS) is 10.7. The third-order valence-electron chi connectivity index (χ3n) is 2.05. The molecule has 0 bridgehead atoms. The Morgan fingerprint density at radius 2 is 2.29 bits per heavy atom. The van der Waals surface area contributed by atoms with E-state index in [1.807, 2.05) is 0 Å². The van der Waals surface area contributed by atoms with Gasteiger partial charge in [0.25, 0.3) is 0 Å². The van der Waals surface area contributed by atoms with Gasteiger partial charge in [0.1, 0.15) is 17.3 Å². The number of benzene rings is 1. The molecule has 0 atom stereocenters. The van der Waals surface area contributed by atoms with Crippen molar-refractivity contribution in [2.24, 2.45) is 12.8 Å². The fourth-order valence-electron chi connectivity index (χ4n) is 1.49. The van der Waals surface area contributed by atoms with Crippen LogP contribution in [0.3, 0.4) is 0 Å². The lowest BCUT2D eigenvalue weighted by atomic mass is 10.2. The van der Waals surface area contributed by atoms with Crippen LogP contribution in [0.4, 0.5) is 4.39 Å². The molecular weight excluding hydrogens is 183 g/mol. The Hall–Kier alpha value is -1.91.